The molecule has 0 aromatic heterocycles. The Kier molecular flexibility index (Phi) is 10.3. The van der Waals surface area contributed by atoms with Gasteiger partial charge >= 0.3 is 260 Å². The second-order valence-electron chi connectivity index (χ2n) is 11.0. The van der Waals surface area contributed by atoms with Gasteiger partial charge in [0.15, 0.2) is 0 Å². The fourth-order valence-corrected chi connectivity index (χ4v) is 6.72. The molecule has 0 saturated heterocycles. The average Bonchev–Trinajstić information content (AvgIpc) is 2.96. The number of benzene rings is 4. The van der Waals surface area contributed by atoms with Gasteiger partial charge in [-0.05, 0) is 0 Å². The Morgan fingerprint density at radius 1 is 0.634 bits per heavy atom. The summed E-state index contributed by atoms with van der Waals surface area (Å²) >= 11 is 3.55. The topological polar surface area (TPSA) is 15.4 Å². The predicted molar refractivity (Wildman–Crippen MR) is 174 cm³/mol. The Balaban J connectivity index is 1.87. The molecule has 0 heterocycles. The summed E-state index contributed by atoms with van der Waals surface area (Å²) in [5, 5.41) is 0. The van der Waals surface area contributed by atoms with Gasteiger partial charge in [-0.3, -0.25) is 0 Å². The van der Waals surface area contributed by atoms with Crippen LogP contribution in [0, 0.1) is 27.7 Å². The maximum atomic E-state index is 5.11. The molecule has 0 saturated carbocycles. The van der Waals surface area contributed by atoms with Crippen molar-refractivity contribution in [3.8, 4) is 22.3 Å². The van der Waals surface area contributed by atoms with Crippen LogP contribution < -0.4 is 0 Å². The van der Waals surface area contributed by atoms with E-state index in [4.69, 9.17) is 4.99 Å². The van der Waals surface area contributed by atoms with E-state index in [0.29, 0.717) is 0 Å². The van der Waals surface area contributed by atoms with Gasteiger partial charge in [-0.25, -0.2) is 0 Å². The fourth-order valence-electron chi connectivity index (χ4n) is 6.15. The van der Waals surface area contributed by atoms with E-state index in [1.165, 1.54) is 72.4 Å². The van der Waals surface area contributed by atoms with E-state index < -0.39 is 0 Å². The van der Waals surface area contributed by atoms with Crippen LogP contribution in [0.5, 0.6) is 0 Å². The van der Waals surface area contributed by atoms with Crippen molar-refractivity contribution in [1.29, 1.82) is 0 Å². The summed E-state index contributed by atoms with van der Waals surface area (Å²) in [7, 11) is 0. The van der Waals surface area contributed by atoms with Crippen LogP contribution in [0.25, 0.3) is 22.3 Å². The molecule has 0 amide bonds. The van der Waals surface area contributed by atoms with Gasteiger partial charge in [0.05, 0.1) is 0 Å². The third-order valence-electron chi connectivity index (χ3n) is 8.02. The van der Waals surface area contributed by atoms with Crippen LogP contribution in [-0.2, 0) is 45.1 Å². The fraction of sp³-hybridized carbons (Fsp3) is 0.316. The first-order valence-electron chi connectivity index (χ1n) is 15.0. The van der Waals surface area contributed by atoms with Crippen molar-refractivity contribution in [2.24, 2.45) is 4.99 Å². The number of hydrogen-bond acceptors (Lipinski definition) is 1. The summed E-state index contributed by atoms with van der Waals surface area (Å²) in [6.45, 7) is 17.7. The number of aryl methyl sites for hydroxylation is 8. The van der Waals surface area contributed by atoms with Crippen LogP contribution in [0.15, 0.2) is 65.7 Å². The van der Waals surface area contributed by atoms with E-state index in [0.717, 1.165) is 31.4 Å². The molecule has 0 aliphatic rings. The summed E-state index contributed by atoms with van der Waals surface area (Å²) in [5.41, 5.74) is 17.9. The Labute approximate surface area is 259 Å². The van der Waals surface area contributed by atoms with Crippen LogP contribution in [0.3, 0.4) is 0 Å². The Morgan fingerprint density at radius 3 is 1.56 bits per heavy atom. The molecule has 3 heteroatoms. The quantitative estimate of drug-likeness (QED) is 0.129. The molecular formula is C38H44N2Pd+. The van der Waals surface area contributed by atoms with Gasteiger partial charge in [-0.1, -0.05) is 0 Å². The molecule has 2 nitrogen and oxygen atoms in total. The molecular weight excluding hydrogens is 591 g/mol. The molecule has 0 unspecified atom stereocenters. The summed E-state index contributed by atoms with van der Waals surface area (Å²) < 4.78 is 2.10. The zero-order valence-electron chi connectivity index (χ0n) is 26.0. The van der Waals surface area contributed by atoms with E-state index >= 15 is 0 Å². The van der Waals surface area contributed by atoms with Crippen molar-refractivity contribution >= 4 is 23.8 Å². The summed E-state index contributed by atoms with van der Waals surface area (Å²) in [5.74, 6) is 0. The minimum atomic E-state index is 0.997. The molecule has 0 fully saturated rings. The van der Waals surface area contributed by atoms with Gasteiger partial charge in [0.1, 0.15) is 0 Å². The van der Waals surface area contributed by atoms with Gasteiger partial charge < -0.3 is 0 Å². The number of nitrogens with zero attached hydrogens (tertiary/aromatic N) is 2. The molecule has 0 N–H and O–H groups in total. The summed E-state index contributed by atoms with van der Waals surface area (Å²) in [6, 6.07) is 22.6. The second-order valence-corrected chi connectivity index (χ2v) is 11.7. The molecule has 0 aliphatic heterocycles. The van der Waals surface area contributed by atoms with Crippen molar-refractivity contribution in [2.75, 3.05) is 0 Å². The third kappa shape index (κ3) is 6.53. The van der Waals surface area contributed by atoms with Crippen LogP contribution in [-0.4, -0.2) is 15.6 Å². The van der Waals surface area contributed by atoms with Gasteiger partial charge in [0.25, 0.3) is 0 Å². The standard InChI is InChI=1S/C38H44N2.Pd/c1-9-29-15-13-16-30(10-2)35(29)33-23-25(5)21-27(7)37(33)39-19-20-40-38-28(8)22-26(6)24-34(38)36-31(11-3)17-14-18-32(36)12-4;/h13-24H,9-12H2,1-8H3;/q;+1. The van der Waals surface area contributed by atoms with Crippen LogP contribution in [0.4, 0.5) is 11.4 Å². The minimum absolute atomic E-state index is 0.997. The van der Waals surface area contributed by atoms with Crippen molar-refractivity contribution in [2.45, 2.75) is 81.1 Å². The van der Waals surface area contributed by atoms with Gasteiger partial charge in [0.2, 0.25) is 0 Å². The predicted octanol–water partition coefficient (Wildman–Crippen LogP) is 10.1. The van der Waals surface area contributed by atoms with E-state index in [9.17, 15) is 0 Å². The Bertz CT molecular complexity index is 1580. The molecule has 0 bridgehead atoms. The Morgan fingerprint density at radius 2 is 1.07 bits per heavy atom. The van der Waals surface area contributed by atoms with Crippen LogP contribution in [0.2, 0.25) is 0 Å². The van der Waals surface area contributed by atoms with E-state index in [1.54, 1.807) is 0 Å². The second kappa shape index (κ2) is 13.7. The van der Waals surface area contributed by atoms with Crippen molar-refractivity contribution < 1.29 is 22.7 Å². The molecule has 41 heavy (non-hydrogen) atoms. The van der Waals surface area contributed by atoms with Crippen molar-refractivity contribution in [3.63, 3.8) is 0 Å². The molecule has 0 atom stereocenters. The van der Waals surface area contributed by atoms with Gasteiger partial charge in [-0.2, -0.15) is 0 Å². The first-order valence-corrected chi connectivity index (χ1v) is 15.7. The molecule has 215 valence electrons. The third-order valence-corrected chi connectivity index (χ3v) is 8.60. The molecule has 0 radical (unpaired) electrons. The van der Waals surface area contributed by atoms with E-state index in [1.807, 2.05) is 6.21 Å². The van der Waals surface area contributed by atoms with Crippen molar-refractivity contribution in [1.82, 2.24) is 0 Å². The molecule has 4 aromatic rings. The average molecular weight is 635 g/mol. The SMILES string of the molecule is CCc1cccc(CC)c1-c1cc(C)cc(C)c1N=CC=[N+]([Pd])c1c(C)cc(C)cc1-c1c(CC)cccc1CC. The molecule has 0 aliphatic carbocycles. The first kappa shape index (κ1) is 30.8. The van der Waals surface area contributed by atoms with Crippen LogP contribution >= 0.6 is 0 Å². The Hall–Kier alpha value is -3.12. The number of rotatable bonds is 9. The number of hydrogen-bond donors (Lipinski definition) is 0. The van der Waals surface area contributed by atoms with Gasteiger partial charge in [-0.15, -0.1) is 0 Å². The normalized spacial score (nSPS) is 12.0. The first-order chi connectivity index (χ1) is 19.7. The zero-order chi connectivity index (χ0) is 29.7. The monoisotopic (exact) mass is 634 g/mol. The summed E-state index contributed by atoms with van der Waals surface area (Å²) in [4.78, 5) is 5.11. The van der Waals surface area contributed by atoms with E-state index in [2.05, 4.69) is 145 Å². The van der Waals surface area contributed by atoms with Crippen molar-refractivity contribution in [3.05, 3.63) is 105 Å². The molecule has 0 spiro atoms. The zero-order valence-corrected chi connectivity index (χ0v) is 27.5. The van der Waals surface area contributed by atoms with E-state index in [-0.39, 0.29) is 0 Å². The van der Waals surface area contributed by atoms with Gasteiger partial charge in [0, 0.05) is 0 Å². The molecule has 4 rings (SSSR count). The van der Waals surface area contributed by atoms with Crippen LogP contribution in [0.1, 0.15) is 72.2 Å². The molecule has 4 aromatic carbocycles. The number of aliphatic imine (C=N–C) groups is 1. The maximum absolute atomic E-state index is 5.11. The summed E-state index contributed by atoms with van der Waals surface area (Å²) in [6.07, 6.45) is 8.00.